The zero-order valence-corrected chi connectivity index (χ0v) is 20.3. The molecule has 0 aliphatic rings. The summed E-state index contributed by atoms with van der Waals surface area (Å²) in [7, 11) is 0. The number of halogens is 1. The summed E-state index contributed by atoms with van der Waals surface area (Å²) in [4.78, 5) is 29.0. The number of fused-ring (bicyclic) bond motifs is 1. The van der Waals surface area contributed by atoms with Crippen LogP contribution in [0.25, 0.3) is 10.9 Å². The molecule has 0 saturated heterocycles. The average molecular weight is 516 g/mol. The van der Waals surface area contributed by atoms with E-state index in [0.29, 0.717) is 46.8 Å². The minimum atomic E-state index is -1.07. The monoisotopic (exact) mass is 515 g/mol. The zero-order chi connectivity index (χ0) is 24.0. The Labute approximate surface area is 200 Å². The van der Waals surface area contributed by atoms with Crippen LogP contribution in [0.5, 0.6) is 11.5 Å². The van der Waals surface area contributed by atoms with Crippen LogP contribution in [-0.4, -0.2) is 39.7 Å². The third-order valence-corrected chi connectivity index (χ3v) is 5.36. The van der Waals surface area contributed by atoms with E-state index in [1.54, 1.807) is 30.5 Å². The molecule has 174 valence electrons. The van der Waals surface area contributed by atoms with Crippen molar-refractivity contribution in [2.75, 3.05) is 6.61 Å². The number of aryl methyl sites for hydroxylation is 1. The molecule has 0 amide bonds. The molecule has 3 aromatic rings. The van der Waals surface area contributed by atoms with Crippen LogP contribution in [0.3, 0.4) is 0 Å². The van der Waals surface area contributed by atoms with E-state index in [-0.39, 0.29) is 5.56 Å². The number of hydrogen-bond acceptors (Lipinski definition) is 6. The van der Waals surface area contributed by atoms with Crippen molar-refractivity contribution < 1.29 is 19.4 Å². The van der Waals surface area contributed by atoms with Crippen LogP contribution < -0.4 is 15.0 Å². The Kier molecular flexibility index (Phi) is 8.21. The lowest BCUT2D eigenvalue weighted by Gasteiger charge is -2.15. The second kappa shape index (κ2) is 11.1. The minimum Gasteiger partial charge on any atom is -0.490 e. The van der Waals surface area contributed by atoms with Crippen LogP contribution >= 0.6 is 15.9 Å². The lowest BCUT2D eigenvalue weighted by atomic mass is 10.2. The fraction of sp³-hybridized carbons (Fsp3) is 0.333. The van der Waals surface area contributed by atoms with Gasteiger partial charge >= 0.3 is 5.97 Å². The van der Waals surface area contributed by atoms with Gasteiger partial charge in [0.2, 0.25) is 0 Å². The first-order chi connectivity index (χ1) is 15.8. The first-order valence-corrected chi connectivity index (χ1v) is 11.5. The van der Waals surface area contributed by atoms with E-state index in [4.69, 9.17) is 14.6 Å². The third kappa shape index (κ3) is 5.98. The van der Waals surface area contributed by atoms with Crippen molar-refractivity contribution in [1.29, 1.82) is 0 Å². The highest BCUT2D eigenvalue weighted by atomic mass is 79.9. The van der Waals surface area contributed by atoms with Crippen molar-refractivity contribution in [2.24, 2.45) is 5.10 Å². The molecule has 0 spiro atoms. The van der Waals surface area contributed by atoms with Gasteiger partial charge in [0, 0.05) is 10.9 Å². The Balaban J connectivity index is 2.01. The van der Waals surface area contributed by atoms with Crippen LogP contribution in [0.2, 0.25) is 0 Å². The number of hydrogen-bond donors (Lipinski definition) is 1. The first-order valence-electron chi connectivity index (χ1n) is 10.8. The Bertz CT molecular complexity index is 1240. The molecule has 9 heteroatoms. The van der Waals surface area contributed by atoms with Gasteiger partial charge in [-0.1, -0.05) is 29.3 Å². The molecule has 3 rings (SSSR count). The maximum atomic E-state index is 13.2. The smallest absolute Gasteiger partial charge is 0.344 e. The van der Waals surface area contributed by atoms with Gasteiger partial charge in [-0.3, -0.25) is 4.79 Å². The molecular weight excluding hydrogens is 490 g/mol. The third-order valence-electron chi connectivity index (χ3n) is 4.87. The van der Waals surface area contributed by atoms with Gasteiger partial charge in [-0.05, 0) is 62.2 Å². The van der Waals surface area contributed by atoms with Crippen molar-refractivity contribution >= 4 is 39.0 Å². The van der Waals surface area contributed by atoms with Gasteiger partial charge in [-0.2, -0.15) is 9.78 Å². The van der Waals surface area contributed by atoms with E-state index >= 15 is 0 Å². The molecule has 1 aromatic heterocycles. The molecule has 1 heterocycles. The van der Waals surface area contributed by atoms with E-state index in [1.165, 1.54) is 11.6 Å². The van der Waals surface area contributed by atoms with Crippen LogP contribution in [0.4, 0.5) is 0 Å². The Morgan fingerprint density at radius 2 is 2.03 bits per heavy atom. The maximum Gasteiger partial charge on any atom is 0.344 e. The lowest BCUT2D eigenvalue weighted by Crippen LogP contribution is -2.23. The van der Waals surface area contributed by atoms with Gasteiger partial charge in [0.15, 0.2) is 17.6 Å². The molecular formula is C24H26BrN3O5. The van der Waals surface area contributed by atoms with E-state index in [2.05, 4.69) is 32.9 Å². The molecule has 2 aromatic carbocycles. The first kappa shape index (κ1) is 24.4. The van der Waals surface area contributed by atoms with Gasteiger partial charge in [-0.15, -0.1) is 0 Å². The number of rotatable bonds is 10. The number of unbranched alkanes of at least 4 members (excludes halogenated alkanes) is 1. The normalized spacial score (nSPS) is 12.2. The predicted octanol–water partition coefficient (Wildman–Crippen LogP) is 4.63. The summed E-state index contributed by atoms with van der Waals surface area (Å²) in [6.07, 6.45) is 3.00. The average Bonchev–Trinajstić information content (AvgIpc) is 2.79. The number of aliphatic carboxylic acids is 1. The van der Waals surface area contributed by atoms with Gasteiger partial charge in [-0.25, -0.2) is 9.78 Å². The molecule has 0 saturated carbocycles. The number of carboxylic acids is 1. The number of aromatic nitrogens is 2. The number of benzene rings is 2. The molecule has 1 atom stereocenters. The highest BCUT2D eigenvalue weighted by Gasteiger charge is 2.16. The summed E-state index contributed by atoms with van der Waals surface area (Å²) in [5.41, 5.74) is 1.05. The van der Waals surface area contributed by atoms with Crippen molar-refractivity contribution in [1.82, 2.24) is 9.66 Å². The molecule has 0 bridgehead atoms. The lowest BCUT2D eigenvalue weighted by molar-refractivity contribution is -0.144. The summed E-state index contributed by atoms with van der Waals surface area (Å²) in [6, 6.07) is 10.5. The van der Waals surface area contributed by atoms with Gasteiger partial charge in [0.25, 0.3) is 5.56 Å². The van der Waals surface area contributed by atoms with E-state index in [0.717, 1.165) is 17.3 Å². The second-order valence-electron chi connectivity index (χ2n) is 7.39. The Morgan fingerprint density at radius 3 is 2.73 bits per heavy atom. The van der Waals surface area contributed by atoms with E-state index in [1.807, 2.05) is 19.1 Å². The summed E-state index contributed by atoms with van der Waals surface area (Å²) in [6.45, 7) is 5.73. The van der Waals surface area contributed by atoms with Crippen molar-refractivity contribution in [3.05, 3.63) is 62.6 Å². The number of carboxylic acid groups (broad SMARTS) is 1. The van der Waals surface area contributed by atoms with Crippen LogP contribution in [0.15, 0.2) is 50.8 Å². The highest BCUT2D eigenvalue weighted by molar-refractivity contribution is 9.10. The van der Waals surface area contributed by atoms with Crippen molar-refractivity contribution in [3.63, 3.8) is 0 Å². The largest absolute Gasteiger partial charge is 0.490 e. The van der Waals surface area contributed by atoms with E-state index < -0.39 is 12.1 Å². The zero-order valence-electron chi connectivity index (χ0n) is 18.7. The molecule has 8 nitrogen and oxygen atoms in total. The number of ether oxygens (including phenoxy) is 2. The summed E-state index contributed by atoms with van der Waals surface area (Å²) in [5, 5.41) is 14.0. The molecule has 0 aliphatic heterocycles. The summed E-state index contributed by atoms with van der Waals surface area (Å²) >= 11 is 3.41. The fourth-order valence-electron chi connectivity index (χ4n) is 3.15. The Hall–Kier alpha value is -3.20. The molecule has 0 radical (unpaired) electrons. The quantitative estimate of drug-likeness (QED) is 0.394. The topological polar surface area (TPSA) is 103 Å². The summed E-state index contributed by atoms with van der Waals surface area (Å²) < 4.78 is 13.2. The minimum absolute atomic E-state index is 0.246. The molecule has 1 N–H and O–H groups in total. The van der Waals surface area contributed by atoms with E-state index in [9.17, 15) is 9.59 Å². The van der Waals surface area contributed by atoms with Crippen molar-refractivity contribution in [2.45, 2.75) is 46.1 Å². The fourth-order valence-corrected chi connectivity index (χ4v) is 3.51. The van der Waals surface area contributed by atoms with Crippen molar-refractivity contribution in [3.8, 4) is 11.5 Å². The maximum absolute atomic E-state index is 13.2. The van der Waals surface area contributed by atoms with Crippen LogP contribution in [0.1, 0.15) is 45.0 Å². The second-order valence-corrected chi connectivity index (χ2v) is 8.31. The Morgan fingerprint density at radius 1 is 1.24 bits per heavy atom. The molecule has 0 unspecified atom stereocenters. The molecule has 0 fully saturated rings. The predicted molar refractivity (Wildman–Crippen MR) is 131 cm³/mol. The van der Waals surface area contributed by atoms with Gasteiger partial charge in [0.1, 0.15) is 5.82 Å². The molecule has 0 aliphatic carbocycles. The highest BCUT2D eigenvalue weighted by Crippen LogP contribution is 2.29. The van der Waals surface area contributed by atoms with Gasteiger partial charge < -0.3 is 14.6 Å². The van der Waals surface area contributed by atoms with Crippen LogP contribution in [0, 0.1) is 0 Å². The van der Waals surface area contributed by atoms with Gasteiger partial charge in [0.05, 0.1) is 23.7 Å². The standard InChI is InChI=1S/C24H26BrN3O5/c1-4-6-7-22-27-19-10-9-17(25)13-18(19)23(29)28(22)26-14-16-8-11-20(21(12-16)32-5-2)33-15(3)24(30)31/h8-15H,4-7H2,1-3H3,(H,30,31)/t15-/m0/s1. The summed E-state index contributed by atoms with van der Waals surface area (Å²) in [5.74, 6) is 0.237. The number of carbonyl (C=O) groups is 1. The number of nitrogens with zero attached hydrogens (tertiary/aromatic N) is 3. The van der Waals surface area contributed by atoms with Crippen LogP contribution in [-0.2, 0) is 11.2 Å². The SMILES string of the molecule is CCCCc1nc2ccc(Br)cc2c(=O)n1N=Cc1ccc(O[C@@H](C)C(=O)O)c(OCC)c1. The molecule has 33 heavy (non-hydrogen) atoms.